The first kappa shape index (κ1) is 30.5. The highest BCUT2D eigenvalue weighted by Gasteiger charge is 2.77. The molecule has 12 nitrogen and oxygen atoms in total. The first-order valence-corrected chi connectivity index (χ1v) is 14.0. The summed E-state index contributed by atoms with van der Waals surface area (Å²) in [5, 5.41) is 67.8. The zero-order valence-corrected chi connectivity index (χ0v) is 23.5. The zero-order valence-electron chi connectivity index (χ0n) is 23.5. The molecule has 2 aliphatic carbocycles. The molecule has 230 valence electrons. The molecule has 1 aromatic carbocycles. The van der Waals surface area contributed by atoms with E-state index < -0.39 is 72.7 Å². The molecular weight excluding hydrogens is 552 g/mol. The molecule has 1 aromatic heterocycles. The van der Waals surface area contributed by atoms with Crippen molar-refractivity contribution in [2.75, 3.05) is 33.5 Å². The lowest BCUT2D eigenvalue weighted by Crippen LogP contribution is -2.84. The maximum Gasteiger partial charge on any atom is 0.306 e. The van der Waals surface area contributed by atoms with Crippen LogP contribution in [0.25, 0.3) is 11.0 Å². The number of ether oxygens (including phenoxy) is 4. The number of hydrogen-bond acceptors (Lipinski definition) is 12. The molecule has 42 heavy (non-hydrogen) atoms. The van der Waals surface area contributed by atoms with Gasteiger partial charge in [0.1, 0.15) is 17.8 Å². The number of benzene rings is 1. The summed E-state index contributed by atoms with van der Waals surface area (Å²) in [5.74, 6) is -1.99. The summed E-state index contributed by atoms with van der Waals surface area (Å²) in [7, 11) is 1.39. The Morgan fingerprint density at radius 2 is 1.93 bits per heavy atom. The van der Waals surface area contributed by atoms with Crippen molar-refractivity contribution in [1.82, 2.24) is 0 Å². The van der Waals surface area contributed by atoms with E-state index in [0.717, 1.165) is 0 Å². The van der Waals surface area contributed by atoms with Crippen LogP contribution in [0.4, 0.5) is 0 Å². The van der Waals surface area contributed by atoms with Gasteiger partial charge in [0.05, 0.1) is 26.6 Å². The van der Waals surface area contributed by atoms with Crippen LogP contribution in [0.15, 0.2) is 47.1 Å². The second-order valence-corrected chi connectivity index (χ2v) is 11.1. The normalized spacial score (nSPS) is 33.5. The minimum Gasteiger partial charge on any atom is -0.490 e. The standard InChI is InChI=1S/C30H38O12/c1-3-39-22(34)8-7-17-12-18-9-11-40-23(18)25(38-2)24(17)42-27-30(37)26(35)29(36,21(16-33)41-27)13-19-6-4-5-10-28(19,30)20(14-31)15-32/h4-6,9-12,19-21,26-27,31-33,35-37H,3,7-8,13-16H2,1-2H3/t19-,21+,26-,27-,28+,29+,30+/m0/s1. The predicted octanol–water partition coefficient (Wildman–Crippen LogP) is 0.589. The fourth-order valence-electron chi connectivity index (χ4n) is 7.10. The lowest BCUT2D eigenvalue weighted by Gasteiger charge is -2.67. The van der Waals surface area contributed by atoms with Crippen LogP contribution in [0.5, 0.6) is 11.5 Å². The summed E-state index contributed by atoms with van der Waals surface area (Å²) in [6, 6.07) is 3.44. The van der Waals surface area contributed by atoms with Crippen LogP contribution in [0, 0.1) is 17.3 Å². The van der Waals surface area contributed by atoms with Crippen molar-refractivity contribution in [3.8, 4) is 11.5 Å². The Morgan fingerprint density at radius 3 is 2.60 bits per heavy atom. The summed E-state index contributed by atoms with van der Waals surface area (Å²) in [6.45, 7) is 0.0613. The highest BCUT2D eigenvalue weighted by Crippen LogP contribution is 2.63. The molecule has 12 heteroatoms. The number of carbonyl (C=O) groups excluding carboxylic acids is 1. The summed E-state index contributed by atoms with van der Waals surface area (Å²) in [4.78, 5) is 12.3. The number of carbonyl (C=O) groups is 1. The summed E-state index contributed by atoms with van der Waals surface area (Å²) in [5.41, 5.74) is -5.38. The van der Waals surface area contributed by atoms with Crippen LogP contribution in [0.3, 0.4) is 0 Å². The van der Waals surface area contributed by atoms with Gasteiger partial charge in [-0.15, -0.1) is 0 Å². The number of esters is 1. The predicted molar refractivity (Wildman–Crippen MR) is 146 cm³/mol. The van der Waals surface area contributed by atoms with Gasteiger partial charge in [0, 0.05) is 36.4 Å². The Balaban J connectivity index is 1.68. The highest BCUT2D eigenvalue weighted by molar-refractivity contribution is 5.87. The molecule has 2 bridgehead atoms. The lowest BCUT2D eigenvalue weighted by atomic mass is 9.45. The van der Waals surface area contributed by atoms with Crippen LogP contribution in [-0.4, -0.2) is 99.8 Å². The number of allylic oxidation sites excluding steroid dienone is 3. The summed E-state index contributed by atoms with van der Waals surface area (Å²) < 4.78 is 28.9. The maximum absolute atomic E-state index is 12.7. The summed E-state index contributed by atoms with van der Waals surface area (Å²) in [6.07, 6.45) is 2.99. The zero-order chi connectivity index (χ0) is 30.3. The Kier molecular flexibility index (Phi) is 8.42. The molecule has 1 saturated heterocycles. The Labute approximate surface area is 242 Å². The first-order chi connectivity index (χ1) is 20.2. The fourth-order valence-corrected chi connectivity index (χ4v) is 7.10. The molecule has 2 heterocycles. The third-order valence-corrected chi connectivity index (χ3v) is 9.12. The minimum atomic E-state index is -2.48. The average molecular weight is 591 g/mol. The number of rotatable bonds is 11. The van der Waals surface area contributed by atoms with Gasteiger partial charge >= 0.3 is 5.97 Å². The fraction of sp³-hybridized carbons (Fsp3) is 0.567. The number of furan rings is 1. The van der Waals surface area contributed by atoms with Crippen molar-refractivity contribution in [2.45, 2.75) is 55.9 Å². The average Bonchev–Trinajstić information content (AvgIpc) is 3.45. The molecular formula is C30H38O12. The van der Waals surface area contributed by atoms with E-state index in [4.69, 9.17) is 23.4 Å². The molecule has 1 saturated carbocycles. The Morgan fingerprint density at radius 1 is 1.17 bits per heavy atom. The largest absolute Gasteiger partial charge is 0.490 e. The van der Waals surface area contributed by atoms with E-state index in [2.05, 4.69) is 0 Å². The first-order valence-electron chi connectivity index (χ1n) is 14.0. The monoisotopic (exact) mass is 590 g/mol. The van der Waals surface area contributed by atoms with Crippen LogP contribution >= 0.6 is 0 Å². The topological polar surface area (TPSA) is 189 Å². The van der Waals surface area contributed by atoms with Gasteiger partial charge in [0.15, 0.2) is 16.9 Å². The lowest BCUT2D eigenvalue weighted by molar-refractivity contribution is -0.404. The van der Waals surface area contributed by atoms with E-state index in [1.165, 1.54) is 13.4 Å². The van der Waals surface area contributed by atoms with E-state index in [0.29, 0.717) is 16.5 Å². The third-order valence-electron chi connectivity index (χ3n) is 9.12. The van der Waals surface area contributed by atoms with Crippen LogP contribution in [0.2, 0.25) is 0 Å². The van der Waals surface area contributed by atoms with Gasteiger partial charge in [-0.25, -0.2) is 0 Å². The molecule has 1 aliphatic heterocycles. The minimum absolute atomic E-state index is 0.00914. The van der Waals surface area contributed by atoms with Gasteiger partial charge in [-0.1, -0.05) is 24.3 Å². The number of fused-ring (bicyclic) bond motifs is 5. The number of methoxy groups -OCH3 is 1. The smallest absolute Gasteiger partial charge is 0.306 e. The Hall–Kier alpha value is -2.97. The van der Waals surface area contributed by atoms with Crippen molar-refractivity contribution in [1.29, 1.82) is 0 Å². The van der Waals surface area contributed by atoms with E-state index in [9.17, 15) is 35.4 Å². The van der Waals surface area contributed by atoms with E-state index in [-0.39, 0.29) is 37.4 Å². The second-order valence-electron chi connectivity index (χ2n) is 11.1. The van der Waals surface area contributed by atoms with Crippen molar-refractivity contribution >= 4 is 16.9 Å². The molecule has 6 N–H and O–H groups in total. The van der Waals surface area contributed by atoms with Gasteiger partial charge in [-0.3, -0.25) is 4.79 Å². The molecule has 0 spiro atoms. The number of hydrogen-bond donors (Lipinski definition) is 6. The third kappa shape index (κ3) is 4.36. The number of aliphatic hydroxyl groups excluding tert-OH is 4. The number of aryl methyl sites for hydroxylation is 1. The van der Waals surface area contributed by atoms with Gasteiger partial charge in [-0.05, 0) is 43.4 Å². The van der Waals surface area contributed by atoms with E-state index >= 15 is 0 Å². The molecule has 7 atom stereocenters. The molecule has 0 radical (unpaired) electrons. The van der Waals surface area contributed by atoms with Crippen LogP contribution < -0.4 is 9.47 Å². The van der Waals surface area contributed by atoms with Crippen molar-refractivity contribution in [3.63, 3.8) is 0 Å². The molecule has 2 aromatic rings. The van der Waals surface area contributed by atoms with Gasteiger partial charge < -0.3 is 54.0 Å². The maximum atomic E-state index is 12.7. The van der Waals surface area contributed by atoms with E-state index in [1.807, 2.05) is 0 Å². The highest BCUT2D eigenvalue weighted by atomic mass is 16.7. The van der Waals surface area contributed by atoms with Gasteiger partial charge in [0.2, 0.25) is 12.0 Å². The summed E-state index contributed by atoms with van der Waals surface area (Å²) >= 11 is 0. The van der Waals surface area contributed by atoms with Crippen molar-refractivity contribution < 1.29 is 58.8 Å². The van der Waals surface area contributed by atoms with Crippen LogP contribution in [-0.2, 0) is 20.7 Å². The Bertz CT molecular complexity index is 1350. The van der Waals surface area contributed by atoms with Crippen molar-refractivity contribution in [2.24, 2.45) is 17.3 Å². The van der Waals surface area contributed by atoms with E-state index in [1.54, 1.807) is 43.4 Å². The quantitative estimate of drug-likeness (QED) is 0.200. The molecule has 5 rings (SSSR count). The van der Waals surface area contributed by atoms with Crippen molar-refractivity contribution in [3.05, 3.63) is 48.3 Å². The molecule has 3 aliphatic rings. The number of aliphatic hydroxyl groups is 6. The SMILES string of the molecule is CCOC(=O)CCc1cc2ccoc2c(OC)c1O[C@@H]1O[C@H](CO)[C@]2(O)C[C@@H]3C=CC=C[C@@]3(C(CO)CO)[C@@]1(O)[C@H]2O. The molecule has 0 unspecified atom stereocenters. The van der Waals surface area contributed by atoms with Gasteiger partial charge in [0.25, 0.3) is 0 Å². The van der Waals surface area contributed by atoms with Gasteiger partial charge in [-0.2, -0.15) is 0 Å². The molecule has 0 amide bonds. The molecule has 2 fully saturated rings. The van der Waals surface area contributed by atoms with Crippen LogP contribution in [0.1, 0.15) is 25.3 Å². The second kappa shape index (κ2) is 11.6.